The summed E-state index contributed by atoms with van der Waals surface area (Å²) in [6, 6.07) is 0. The van der Waals surface area contributed by atoms with Crippen molar-refractivity contribution < 1.29 is 13.2 Å². The van der Waals surface area contributed by atoms with Gasteiger partial charge in [-0.1, -0.05) is 33.1 Å². The summed E-state index contributed by atoms with van der Waals surface area (Å²) in [7, 11) is 0. The molecule has 1 aliphatic heterocycles. The second kappa shape index (κ2) is 6.12. The first-order chi connectivity index (χ1) is 8.00. The van der Waals surface area contributed by atoms with E-state index in [-0.39, 0.29) is 0 Å². The summed E-state index contributed by atoms with van der Waals surface area (Å²) in [5.74, 6) is 0. The Morgan fingerprint density at radius 2 is 1.88 bits per heavy atom. The van der Waals surface area contributed by atoms with Crippen LogP contribution in [0, 0.1) is 0 Å². The molecule has 17 heavy (non-hydrogen) atoms. The predicted octanol–water partition coefficient (Wildman–Crippen LogP) is 3.38. The minimum atomic E-state index is -4.33. The molecule has 6 heteroatoms. The lowest BCUT2D eigenvalue weighted by atomic mass is 10.2. The van der Waals surface area contributed by atoms with Crippen LogP contribution in [0.25, 0.3) is 0 Å². The van der Waals surface area contributed by atoms with Gasteiger partial charge in [-0.2, -0.15) is 5.10 Å². The maximum absolute atomic E-state index is 12.6. The van der Waals surface area contributed by atoms with Gasteiger partial charge in [0.15, 0.2) is 0 Å². The zero-order valence-electron chi connectivity index (χ0n) is 10.4. The van der Waals surface area contributed by atoms with Crippen LogP contribution in [-0.4, -0.2) is 35.3 Å². The van der Waals surface area contributed by atoms with Crippen molar-refractivity contribution in [3.05, 3.63) is 0 Å². The van der Waals surface area contributed by atoms with Crippen LogP contribution in [-0.2, 0) is 0 Å². The molecule has 0 aromatic carbocycles. The Hall–Kier alpha value is -0.940. The quantitative estimate of drug-likeness (QED) is 0.532. The molecule has 100 valence electrons. The van der Waals surface area contributed by atoms with Crippen molar-refractivity contribution in [2.75, 3.05) is 6.54 Å². The average molecular weight is 251 g/mol. The molecule has 1 aliphatic rings. The Balaban J connectivity index is 2.45. The van der Waals surface area contributed by atoms with Crippen LogP contribution in [0.1, 0.15) is 46.0 Å². The number of hydrazone groups is 1. The first kappa shape index (κ1) is 14.1. The Morgan fingerprint density at radius 3 is 2.41 bits per heavy atom. The predicted molar refractivity (Wildman–Crippen MR) is 61.3 cm³/mol. The number of hydrogen-bond acceptors (Lipinski definition) is 3. The van der Waals surface area contributed by atoms with Crippen LogP contribution in [0.15, 0.2) is 5.10 Å². The SMILES string of the molecule is CCCCCCN1N=CN(C(F)(F)F)C1CC. The molecule has 3 nitrogen and oxygen atoms in total. The number of nitrogens with zero attached hydrogens (tertiary/aromatic N) is 3. The van der Waals surface area contributed by atoms with E-state index in [4.69, 9.17) is 0 Å². The molecular formula is C11H20F3N3. The second-order valence-corrected chi connectivity index (χ2v) is 4.22. The van der Waals surface area contributed by atoms with E-state index in [1.165, 1.54) is 0 Å². The Morgan fingerprint density at radius 1 is 1.18 bits per heavy atom. The van der Waals surface area contributed by atoms with Crippen LogP contribution in [0.2, 0.25) is 0 Å². The summed E-state index contributed by atoms with van der Waals surface area (Å²) in [5, 5.41) is 5.39. The van der Waals surface area contributed by atoms with Crippen molar-refractivity contribution in [2.45, 2.75) is 58.4 Å². The second-order valence-electron chi connectivity index (χ2n) is 4.22. The highest BCUT2D eigenvalue weighted by atomic mass is 19.4. The molecule has 1 unspecified atom stereocenters. The number of halogens is 3. The molecule has 0 saturated heterocycles. The molecule has 0 aromatic heterocycles. The van der Waals surface area contributed by atoms with Gasteiger partial charge in [0.1, 0.15) is 12.5 Å². The fourth-order valence-corrected chi connectivity index (χ4v) is 1.97. The monoisotopic (exact) mass is 251 g/mol. The molecule has 0 saturated carbocycles. The van der Waals surface area contributed by atoms with Gasteiger partial charge in [-0.05, 0) is 12.8 Å². The third-order valence-electron chi connectivity index (χ3n) is 2.89. The normalized spacial score (nSPS) is 20.4. The Labute approximate surface area is 100 Å². The summed E-state index contributed by atoms with van der Waals surface area (Å²) in [5.41, 5.74) is 0. The van der Waals surface area contributed by atoms with Gasteiger partial charge >= 0.3 is 6.30 Å². The standard InChI is InChI=1S/C11H20F3N3/c1-3-5-6-7-8-17-10(4-2)16(9-15-17)11(12,13)14/h9-10H,3-8H2,1-2H3. The number of unbranched alkanes of at least 4 members (excludes halogenated alkanes) is 3. The van der Waals surface area contributed by atoms with Gasteiger partial charge in [0.25, 0.3) is 0 Å². The third-order valence-corrected chi connectivity index (χ3v) is 2.89. The summed E-state index contributed by atoms with van der Waals surface area (Å²) in [6.45, 7) is 4.45. The van der Waals surface area contributed by atoms with E-state index in [1.807, 2.05) is 0 Å². The molecule has 0 spiro atoms. The smallest absolute Gasteiger partial charge is 0.273 e. The molecule has 0 bridgehead atoms. The molecule has 0 N–H and O–H groups in total. The highest BCUT2D eigenvalue weighted by molar-refractivity contribution is 5.57. The molecule has 0 amide bonds. The van der Waals surface area contributed by atoms with E-state index in [0.29, 0.717) is 17.9 Å². The van der Waals surface area contributed by atoms with Crippen molar-refractivity contribution in [1.29, 1.82) is 0 Å². The van der Waals surface area contributed by atoms with E-state index < -0.39 is 12.5 Å². The maximum Gasteiger partial charge on any atom is 0.487 e. The van der Waals surface area contributed by atoms with E-state index in [2.05, 4.69) is 12.0 Å². The molecular weight excluding hydrogens is 231 g/mol. The topological polar surface area (TPSA) is 18.8 Å². The summed E-state index contributed by atoms with van der Waals surface area (Å²) < 4.78 is 37.9. The summed E-state index contributed by atoms with van der Waals surface area (Å²) in [4.78, 5) is 0.382. The summed E-state index contributed by atoms with van der Waals surface area (Å²) in [6.07, 6.45) is 0.491. The van der Waals surface area contributed by atoms with Crippen LogP contribution >= 0.6 is 0 Å². The van der Waals surface area contributed by atoms with Crippen molar-refractivity contribution in [3.8, 4) is 0 Å². The van der Waals surface area contributed by atoms with Gasteiger partial charge < -0.3 is 0 Å². The molecule has 0 aromatic rings. The zero-order chi connectivity index (χ0) is 12.9. The molecule has 0 aliphatic carbocycles. The highest BCUT2D eigenvalue weighted by Crippen LogP contribution is 2.28. The molecule has 0 radical (unpaired) electrons. The zero-order valence-corrected chi connectivity index (χ0v) is 10.4. The lowest BCUT2D eigenvalue weighted by Crippen LogP contribution is -2.47. The van der Waals surface area contributed by atoms with Crippen molar-refractivity contribution in [1.82, 2.24) is 9.91 Å². The van der Waals surface area contributed by atoms with Crippen LogP contribution < -0.4 is 0 Å². The number of hydrogen-bond donors (Lipinski definition) is 0. The maximum atomic E-state index is 12.6. The van der Waals surface area contributed by atoms with Gasteiger partial charge in [-0.15, -0.1) is 13.2 Å². The first-order valence-electron chi connectivity index (χ1n) is 6.16. The van der Waals surface area contributed by atoms with Crippen LogP contribution in [0.4, 0.5) is 13.2 Å². The largest absolute Gasteiger partial charge is 0.487 e. The van der Waals surface area contributed by atoms with Gasteiger partial charge in [-0.3, -0.25) is 9.91 Å². The van der Waals surface area contributed by atoms with Gasteiger partial charge in [0.05, 0.1) is 0 Å². The average Bonchev–Trinajstić information content (AvgIpc) is 2.67. The van der Waals surface area contributed by atoms with E-state index in [1.54, 1.807) is 11.9 Å². The summed E-state index contributed by atoms with van der Waals surface area (Å²) >= 11 is 0. The number of alkyl halides is 3. The Bertz CT molecular complexity index is 253. The molecule has 1 rings (SSSR count). The highest BCUT2D eigenvalue weighted by Gasteiger charge is 2.44. The van der Waals surface area contributed by atoms with Crippen molar-refractivity contribution >= 4 is 6.34 Å². The van der Waals surface area contributed by atoms with E-state index in [9.17, 15) is 13.2 Å². The van der Waals surface area contributed by atoms with E-state index >= 15 is 0 Å². The van der Waals surface area contributed by atoms with Gasteiger partial charge in [0.2, 0.25) is 0 Å². The fourth-order valence-electron chi connectivity index (χ4n) is 1.97. The van der Waals surface area contributed by atoms with Gasteiger partial charge in [0, 0.05) is 6.54 Å². The van der Waals surface area contributed by atoms with Crippen LogP contribution in [0.3, 0.4) is 0 Å². The Kier molecular flexibility index (Phi) is 5.08. The van der Waals surface area contributed by atoms with E-state index in [0.717, 1.165) is 32.0 Å². The lowest BCUT2D eigenvalue weighted by molar-refractivity contribution is -0.235. The van der Waals surface area contributed by atoms with Crippen molar-refractivity contribution in [3.63, 3.8) is 0 Å². The molecule has 1 atom stereocenters. The lowest BCUT2D eigenvalue weighted by Gasteiger charge is -2.30. The first-order valence-corrected chi connectivity index (χ1v) is 6.16. The number of rotatable bonds is 6. The fraction of sp³-hybridized carbons (Fsp3) is 0.909. The van der Waals surface area contributed by atoms with Gasteiger partial charge in [-0.25, -0.2) is 0 Å². The third kappa shape index (κ3) is 3.78. The minimum Gasteiger partial charge on any atom is -0.273 e. The van der Waals surface area contributed by atoms with Crippen LogP contribution in [0.5, 0.6) is 0 Å². The minimum absolute atomic E-state index is 0.382. The van der Waals surface area contributed by atoms with Crippen molar-refractivity contribution in [2.24, 2.45) is 5.10 Å². The molecule has 1 heterocycles. The molecule has 0 fully saturated rings.